The van der Waals surface area contributed by atoms with Crippen LogP contribution in [0.1, 0.15) is 25.7 Å². The van der Waals surface area contributed by atoms with Gasteiger partial charge in [0.15, 0.2) is 6.17 Å². The predicted molar refractivity (Wildman–Crippen MR) is 48.0 cm³/mol. The topological polar surface area (TPSA) is 42.7 Å². The molecule has 0 aliphatic heterocycles. The van der Waals surface area contributed by atoms with Crippen molar-refractivity contribution in [3.05, 3.63) is 11.9 Å². The quantitative estimate of drug-likeness (QED) is 0.760. The Morgan fingerprint density at radius 2 is 2.23 bits per heavy atom. The van der Waals surface area contributed by atoms with Gasteiger partial charge in [-0.3, -0.25) is 0 Å². The fraction of sp³-hybridized carbons (Fsp3) is 0.750. The number of nitrogens with zero attached hydrogens (tertiary/aromatic N) is 3. The molecule has 74 valence electrons. The first-order valence-electron chi connectivity index (χ1n) is 4.16. The Balaban J connectivity index is 2.84. The Morgan fingerprint density at radius 3 is 2.62 bits per heavy atom. The van der Waals surface area contributed by atoms with E-state index in [9.17, 15) is 4.39 Å². The van der Waals surface area contributed by atoms with Crippen molar-refractivity contribution >= 4 is 0 Å². The summed E-state index contributed by atoms with van der Waals surface area (Å²) < 4.78 is 13.7. The number of aryl methyl sites for hydroxylation is 1. The molecule has 0 saturated carbocycles. The van der Waals surface area contributed by atoms with E-state index in [4.69, 9.17) is 0 Å². The van der Waals surface area contributed by atoms with Crippen molar-refractivity contribution in [2.24, 2.45) is 7.05 Å². The number of rotatable bonds is 3. The van der Waals surface area contributed by atoms with E-state index in [1.54, 1.807) is 27.9 Å². The Kier molecular flexibility index (Phi) is 2.66. The minimum absolute atomic E-state index is 0.363. The Bertz CT molecular complexity index is 281. The zero-order valence-electron chi connectivity index (χ0n) is 8.37. The summed E-state index contributed by atoms with van der Waals surface area (Å²) in [5.41, 5.74) is -0.252. The van der Waals surface area contributed by atoms with Gasteiger partial charge in [0, 0.05) is 12.6 Å². The van der Waals surface area contributed by atoms with Gasteiger partial charge in [-0.25, -0.2) is 4.39 Å². The number of alkyl halides is 1. The van der Waals surface area contributed by atoms with E-state index in [1.165, 1.54) is 11.0 Å². The van der Waals surface area contributed by atoms with Gasteiger partial charge in [-0.1, -0.05) is 0 Å². The molecule has 0 bridgehead atoms. The average Bonchev–Trinajstić information content (AvgIpc) is 2.50. The van der Waals surface area contributed by atoms with Crippen molar-refractivity contribution < 1.29 is 4.39 Å². The summed E-state index contributed by atoms with van der Waals surface area (Å²) in [7, 11) is 3.39. The third-order valence-electron chi connectivity index (χ3n) is 2.15. The predicted octanol–water partition coefficient (Wildman–Crippen LogP) is 0.824. The van der Waals surface area contributed by atoms with Crippen LogP contribution in [0.3, 0.4) is 0 Å². The van der Waals surface area contributed by atoms with Gasteiger partial charge >= 0.3 is 0 Å². The standard InChI is InChI=1S/C8H15FN4/c1-8(2,10-3)7(9)6-5-11-13(4)12-6/h5,7,10H,1-4H3. The van der Waals surface area contributed by atoms with Crippen molar-refractivity contribution in [2.75, 3.05) is 7.05 Å². The van der Waals surface area contributed by atoms with E-state index in [2.05, 4.69) is 15.5 Å². The molecule has 0 aromatic carbocycles. The Labute approximate surface area is 77.1 Å². The maximum absolute atomic E-state index is 13.7. The highest BCUT2D eigenvalue weighted by Crippen LogP contribution is 2.26. The molecule has 13 heavy (non-hydrogen) atoms. The molecular formula is C8H15FN4. The number of likely N-dealkylation sites (N-methyl/N-ethyl adjacent to an activating group) is 1. The van der Waals surface area contributed by atoms with Gasteiger partial charge in [0.25, 0.3) is 0 Å². The summed E-state index contributed by atoms with van der Waals surface area (Å²) in [6.07, 6.45) is 0.301. The lowest BCUT2D eigenvalue weighted by Gasteiger charge is -2.26. The molecule has 1 N–H and O–H groups in total. The summed E-state index contributed by atoms with van der Waals surface area (Å²) >= 11 is 0. The lowest BCUT2D eigenvalue weighted by molar-refractivity contribution is 0.185. The van der Waals surface area contributed by atoms with E-state index >= 15 is 0 Å². The Hall–Kier alpha value is -0.970. The second-order valence-electron chi connectivity index (χ2n) is 3.59. The van der Waals surface area contributed by atoms with Gasteiger partial charge in [0.1, 0.15) is 5.69 Å². The molecule has 1 heterocycles. The minimum Gasteiger partial charge on any atom is -0.312 e. The second kappa shape index (κ2) is 3.41. The van der Waals surface area contributed by atoms with Gasteiger partial charge < -0.3 is 5.32 Å². The largest absolute Gasteiger partial charge is 0.312 e. The molecule has 1 unspecified atom stereocenters. The highest BCUT2D eigenvalue weighted by molar-refractivity contribution is 5.05. The first-order valence-corrected chi connectivity index (χ1v) is 4.16. The molecule has 5 heteroatoms. The molecule has 0 saturated heterocycles. The highest BCUT2D eigenvalue weighted by Gasteiger charge is 2.31. The monoisotopic (exact) mass is 186 g/mol. The summed E-state index contributed by atoms with van der Waals surface area (Å²) in [5, 5.41) is 10.6. The van der Waals surface area contributed by atoms with Crippen LogP contribution in [0.4, 0.5) is 4.39 Å². The summed E-state index contributed by atoms with van der Waals surface area (Å²) in [6.45, 7) is 3.57. The molecule has 0 amide bonds. The van der Waals surface area contributed by atoms with Crippen LogP contribution in [-0.4, -0.2) is 27.6 Å². The third-order valence-corrected chi connectivity index (χ3v) is 2.15. The smallest absolute Gasteiger partial charge is 0.163 e. The lowest BCUT2D eigenvalue weighted by Crippen LogP contribution is -2.40. The van der Waals surface area contributed by atoms with E-state index in [0.717, 1.165) is 0 Å². The van der Waals surface area contributed by atoms with Crippen molar-refractivity contribution in [2.45, 2.75) is 25.6 Å². The molecule has 1 atom stereocenters. The lowest BCUT2D eigenvalue weighted by atomic mass is 9.97. The second-order valence-corrected chi connectivity index (χ2v) is 3.59. The highest BCUT2D eigenvalue weighted by atomic mass is 19.1. The van der Waals surface area contributed by atoms with Crippen LogP contribution in [0.5, 0.6) is 0 Å². The van der Waals surface area contributed by atoms with Crippen LogP contribution < -0.4 is 5.32 Å². The fourth-order valence-corrected chi connectivity index (χ4v) is 0.974. The van der Waals surface area contributed by atoms with E-state index < -0.39 is 11.7 Å². The van der Waals surface area contributed by atoms with Gasteiger partial charge in [-0.05, 0) is 20.9 Å². The number of hydrogen-bond acceptors (Lipinski definition) is 3. The van der Waals surface area contributed by atoms with Crippen LogP contribution >= 0.6 is 0 Å². The molecule has 1 aromatic rings. The van der Waals surface area contributed by atoms with Crippen molar-refractivity contribution in [3.8, 4) is 0 Å². The molecule has 0 aliphatic rings. The van der Waals surface area contributed by atoms with Crippen molar-refractivity contribution in [1.82, 2.24) is 20.3 Å². The van der Waals surface area contributed by atoms with E-state index in [1.807, 2.05) is 0 Å². The zero-order valence-corrected chi connectivity index (χ0v) is 8.37. The van der Waals surface area contributed by atoms with Crippen LogP contribution in [0.15, 0.2) is 6.20 Å². The van der Waals surface area contributed by atoms with Gasteiger partial charge in [0.05, 0.1) is 6.20 Å². The summed E-state index contributed by atoms with van der Waals surface area (Å²) in [4.78, 5) is 1.35. The molecule has 4 nitrogen and oxygen atoms in total. The number of aromatic nitrogens is 3. The van der Waals surface area contributed by atoms with Crippen LogP contribution in [-0.2, 0) is 7.05 Å². The SMILES string of the molecule is CNC(C)(C)C(F)c1cnn(C)n1. The van der Waals surface area contributed by atoms with Crippen molar-refractivity contribution in [3.63, 3.8) is 0 Å². The number of hydrogen-bond donors (Lipinski definition) is 1. The minimum atomic E-state index is -1.15. The fourth-order valence-electron chi connectivity index (χ4n) is 0.974. The summed E-state index contributed by atoms with van der Waals surface area (Å²) in [6, 6.07) is 0. The molecule has 1 rings (SSSR count). The number of nitrogens with one attached hydrogen (secondary N) is 1. The van der Waals surface area contributed by atoms with Gasteiger partial charge in [-0.15, -0.1) is 0 Å². The van der Waals surface area contributed by atoms with E-state index in [-0.39, 0.29) is 0 Å². The van der Waals surface area contributed by atoms with Crippen LogP contribution in [0.25, 0.3) is 0 Å². The first-order chi connectivity index (χ1) is 5.97. The first kappa shape index (κ1) is 10.1. The summed E-state index contributed by atoms with van der Waals surface area (Å²) in [5.74, 6) is 0. The molecule has 0 fully saturated rings. The average molecular weight is 186 g/mol. The maximum atomic E-state index is 13.7. The van der Waals surface area contributed by atoms with Crippen molar-refractivity contribution in [1.29, 1.82) is 0 Å². The third kappa shape index (κ3) is 2.03. The zero-order chi connectivity index (χ0) is 10.1. The van der Waals surface area contributed by atoms with Gasteiger partial charge in [0.2, 0.25) is 0 Å². The van der Waals surface area contributed by atoms with Crippen LogP contribution in [0.2, 0.25) is 0 Å². The molecular weight excluding hydrogens is 171 g/mol. The molecule has 0 radical (unpaired) electrons. The molecule has 1 aromatic heterocycles. The van der Waals surface area contributed by atoms with Gasteiger partial charge in [-0.2, -0.15) is 15.0 Å². The van der Waals surface area contributed by atoms with E-state index in [0.29, 0.717) is 5.69 Å². The molecule has 0 spiro atoms. The van der Waals surface area contributed by atoms with Crippen LogP contribution in [0, 0.1) is 0 Å². The maximum Gasteiger partial charge on any atom is 0.163 e. The molecule has 0 aliphatic carbocycles. The number of halogens is 1. The normalized spacial score (nSPS) is 14.5. The Morgan fingerprint density at radius 1 is 1.62 bits per heavy atom.